The molecule has 0 bridgehead atoms. The van der Waals surface area contributed by atoms with Crippen molar-refractivity contribution < 1.29 is 9.59 Å². The predicted octanol–water partition coefficient (Wildman–Crippen LogP) is 1.71. The van der Waals surface area contributed by atoms with Crippen molar-refractivity contribution in [2.45, 2.75) is 31.6 Å². The van der Waals surface area contributed by atoms with Crippen molar-refractivity contribution in [2.75, 3.05) is 13.1 Å². The van der Waals surface area contributed by atoms with Crippen molar-refractivity contribution in [1.82, 2.24) is 10.0 Å². The zero-order valence-corrected chi connectivity index (χ0v) is 11.1. The number of nitrogens with zero attached hydrogens (tertiary/aromatic N) is 2. The van der Waals surface area contributed by atoms with Crippen molar-refractivity contribution in [3.8, 4) is 0 Å². The molecule has 4 heteroatoms. The van der Waals surface area contributed by atoms with E-state index in [4.69, 9.17) is 0 Å². The molecule has 2 aliphatic rings. The molecular formula is C15H18N2O2. The van der Waals surface area contributed by atoms with Gasteiger partial charge in [-0.1, -0.05) is 30.3 Å². The molecule has 1 aromatic rings. The Bertz CT molecular complexity index is 508. The Morgan fingerprint density at radius 1 is 1.05 bits per heavy atom. The molecule has 1 saturated carbocycles. The van der Waals surface area contributed by atoms with Crippen molar-refractivity contribution in [3.63, 3.8) is 0 Å². The van der Waals surface area contributed by atoms with Gasteiger partial charge in [0.05, 0.1) is 5.41 Å². The van der Waals surface area contributed by atoms with Gasteiger partial charge in [-0.15, -0.1) is 0 Å². The molecule has 0 unspecified atom stereocenters. The highest BCUT2D eigenvalue weighted by Crippen LogP contribution is 2.50. The lowest BCUT2D eigenvalue weighted by Crippen LogP contribution is -2.48. The van der Waals surface area contributed by atoms with E-state index in [-0.39, 0.29) is 17.2 Å². The van der Waals surface area contributed by atoms with Gasteiger partial charge in [-0.2, -0.15) is 0 Å². The Balaban J connectivity index is 1.86. The normalized spacial score (nSPS) is 20.5. The van der Waals surface area contributed by atoms with Crippen LogP contribution in [0.15, 0.2) is 30.3 Å². The smallest absolute Gasteiger partial charge is 0.251 e. The minimum atomic E-state index is -0.376. The van der Waals surface area contributed by atoms with Gasteiger partial charge >= 0.3 is 0 Å². The van der Waals surface area contributed by atoms with Gasteiger partial charge < -0.3 is 0 Å². The number of carbonyl (C=O) groups is 2. The van der Waals surface area contributed by atoms with E-state index in [0.717, 1.165) is 24.8 Å². The Labute approximate surface area is 113 Å². The Morgan fingerprint density at radius 2 is 1.68 bits per heavy atom. The first kappa shape index (κ1) is 12.2. The van der Waals surface area contributed by atoms with Gasteiger partial charge in [0.2, 0.25) is 5.91 Å². The second kappa shape index (κ2) is 4.37. The maximum absolute atomic E-state index is 12.8. The van der Waals surface area contributed by atoms with E-state index < -0.39 is 0 Å². The SMILES string of the molecule is CC(=O)N1CCCN1C(=O)C1(c2ccccc2)CC1. The summed E-state index contributed by atoms with van der Waals surface area (Å²) in [5, 5.41) is 3.24. The van der Waals surface area contributed by atoms with Crippen LogP contribution in [-0.4, -0.2) is 34.9 Å². The fourth-order valence-corrected chi connectivity index (χ4v) is 2.91. The molecule has 1 heterocycles. The topological polar surface area (TPSA) is 40.6 Å². The van der Waals surface area contributed by atoms with Gasteiger partial charge in [-0.3, -0.25) is 19.6 Å². The molecule has 19 heavy (non-hydrogen) atoms. The first-order valence-electron chi connectivity index (χ1n) is 6.81. The van der Waals surface area contributed by atoms with Crippen LogP contribution in [-0.2, 0) is 15.0 Å². The van der Waals surface area contributed by atoms with Crippen LogP contribution >= 0.6 is 0 Å². The molecule has 3 rings (SSSR count). The molecule has 1 aliphatic heterocycles. The van der Waals surface area contributed by atoms with Crippen molar-refractivity contribution in [2.24, 2.45) is 0 Å². The maximum Gasteiger partial charge on any atom is 0.251 e. The third-order valence-electron chi connectivity index (χ3n) is 4.11. The van der Waals surface area contributed by atoms with Crippen LogP contribution in [0, 0.1) is 0 Å². The molecule has 100 valence electrons. The van der Waals surface area contributed by atoms with Crippen LogP contribution in [0.1, 0.15) is 31.7 Å². The van der Waals surface area contributed by atoms with Crippen LogP contribution in [0.3, 0.4) is 0 Å². The first-order valence-corrected chi connectivity index (χ1v) is 6.81. The molecule has 1 aromatic carbocycles. The van der Waals surface area contributed by atoms with Crippen LogP contribution in [0.2, 0.25) is 0 Å². The number of hydrogen-bond acceptors (Lipinski definition) is 2. The van der Waals surface area contributed by atoms with Crippen molar-refractivity contribution >= 4 is 11.8 Å². The van der Waals surface area contributed by atoms with Gasteiger partial charge in [-0.25, -0.2) is 0 Å². The van der Waals surface area contributed by atoms with Crippen molar-refractivity contribution in [1.29, 1.82) is 0 Å². The van der Waals surface area contributed by atoms with E-state index in [1.165, 1.54) is 6.92 Å². The summed E-state index contributed by atoms with van der Waals surface area (Å²) in [6.07, 6.45) is 2.65. The van der Waals surface area contributed by atoms with Crippen LogP contribution in [0.4, 0.5) is 0 Å². The van der Waals surface area contributed by atoms with Gasteiger partial charge in [-0.05, 0) is 24.8 Å². The van der Waals surface area contributed by atoms with Crippen molar-refractivity contribution in [3.05, 3.63) is 35.9 Å². The van der Waals surface area contributed by atoms with Gasteiger partial charge in [0, 0.05) is 20.0 Å². The summed E-state index contributed by atoms with van der Waals surface area (Å²) in [6.45, 7) is 2.84. The fourth-order valence-electron chi connectivity index (χ4n) is 2.91. The third-order valence-corrected chi connectivity index (χ3v) is 4.11. The monoisotopic (exact) mass is 258 g/mol. The second-order valence-electron chi connectivity index (χ2n) is 5.37. The number of hydrogen-bond donors (Lipinski definition) is 0. The number of hydrazine groups is 1. The number of carbonyl (C=O) groups excluding carboxylic acids is 2. The zero-order valence-electron chi connectivity index (χ0n) is 11.1. The predicted molar refractivity (Wildman–Crippen MR) is 71.1 cm³/mol. The Hall–Kier alpha value is -1.84. The summed E-state index contributed by atoms with van der Waals surface area (Å²) in [6, 6.07) is 9.92. The van der Waals surface area contributed by atoms with E-state index in [9.17, 15) is 9.59 Å². The summed E-state index contributed by atoms with van der Waals surface area (Å²) < 4.78 is 0. The van der Waals surface area contributed by atoms with Crippen LogP contribution < -0.4 is 0 Å². The van der Waals surface area contributed by atoms with Gasteiger partial charge in [0.15, 0.2) is 0 Å². The molecule has 0 N–H and O–H groups in total. The maximum atomic E-state index is 12.8. The summed E-state index contributed by atoms with van der Waals surface area (Å²) in [5.41, 5.74) is 0.703. The third kappa shape index (κ3) is 1.91. The van der Waals surface area contributed by atoms with Gasteiger partial charge in [0.25, 0.3) is 5.91 Å². The number of rotatable bonds is 2. The average Bonchev–Trinajstić information content (AvgIpc) is 3.08. The molecule has 4 nitrogen and oxygen atoms in total. The molecular weight excluding hydrogens is 240 g/mol. The van der Waals surface area contributed by atoms with E-state index >= 15 is 0 Å². The highest BCUT2D eigenvalue weighted by molar-refractivity contribution is 5.92. The summed E-state index contributed by atoms with van der Waals surface area (Å²) in [7, 11) is 0. The highest BCUT2D eigenvalue weighted by Gasteiger charge is 2.54. The van der Waals surface area contributed by atoms with E-state index in [1.54, 1.807) is 10.0 Å². The minimum Gasteiger partial charge on any atom is -0.273 e. The lowest BCUT2D eigenvalue weighted by atomic mass is 9.95. The standard InChI is InChI=1S/C15H18N2O2/c1-12(18)16-10-5-11-17(16)14(19)15(8-9-15)13-6-3-2-4-7-13/h2-4,6-7H,5,8-11H2,1H3. The average molecular weight is 258 g/mol. The summed E-state index contributed by atoms with van der Waals surface area (Å²) in [5.74, 6) is 0.0427. The molecule has 0 aromatic heterocycles. The molecule has 1 aliphatic carbocycles. The van der Waals surface area contributed by atoms with E-state index in [0.29, 0.717) is 13.1 Å². The molecule has 2 amide bonds. The quantitative estimate of drug-likeness (QED) is 0.810. The summed E-state index contributed by atoms with van der Waals surface area (Å²) >= 11 is 0. The number of benzene rings is 1. The first-order chi connectivity index (χ1) is 9.15. The summed E-state index contributed by atoms with van der Waals surface area (Å²) in [4.78, 5) is 24.4. The highest BCUT2D eigenvalue weighted by atomic mass is 16.2. The second-order valence-corrected chi connectivity index (χ2v) is 5.37. The lowest BCUT2D eigenvalue weighted by molar-refractivity contribution is -0.158. The van der Waals surface area contributed by atoms with E-state index in [2.05, 4.69) is 0 Å². The molecule has 0 spiro atoms. The van der Waals surface area contributed by atoms with Crippen LogP contribution in [0.5, 0.6) is 0 Å². The molecule has 1 saturated heterocycles. The Morgan fingerprint density at radius 3 is 2.26 bits per heavy atom. The minimum absolute atomic E-state index is 0.0466. The largest absolute Gasteiger partial charge is 0.273 e. The lowest BCUT2D eigenvalue weighted by Gasteiger charge is -2.30. The zero-order chi connectivity index (χ0) is 13.5. The molecule has 0 atom stereocenters. The van der Waals surface area contributed by atoms with E-state index in [1.807, 2.05) is 30.3 Å². The Kier molecular flexibility index (Phi) is 2.81. The molecule has 2 fully saturated rings. The fraction of sp³-hybridized carbons (Fsp3) is 0.467. The van der Waals surface area contributed by atoms with Gasteiger partial charge in [0.1, 0.15) is 0 Å². The van der Waals surface area contributed by atoms with Crippen LogP contribution in [0.25, 0.3) is 0 Å². The molecule has 0 radical (unpaired) electrons. The number of amides is 2.